The fourth-order valence-corrected chi connectivity index (χ4v) is 2.30. The van der Waals surface area contributed by atoms with Crippen molar-refractivity contribution in [3.63, 3.8) is 0 Å². The summed E-state index contributed by atoms with van der Waals surface area (Å²) < 4.78 is 15.1. The number of amides is 1. The first-order valence-corrected chi connectivity index (χ1v) is 6.93. The molecule has 1 heterocycles. The first-order valence-electron chi connectivity index (χ1n) is 6.05. The van der Waals surface area contributed by atoms with Gasteiger partial charge < -0.3 is 9.88 Å². The van der Waals surface area contributed by atoms with Crippen molar-refractivity contribution in [2.24, 2.45) is 7.05 Å². The van der Waals surface area contributed by atoms with Crippen LogP contribution in [0.1, 0.15) is 12.5 Å². The summed E-state index contributed by atoms with van der Waals surface area (Å²) in [6, 6.07) is 4.62. The summed E-state index contributed by atoms with van der Waals surface area (Å²) in [6.07, 6.45) is 1.57. The van der Waals surface area contributed by atoms with Gasteiger partial charge in [-0.15, -0.1) is 10.2 Å². The summed E-state index contributed by atoms with van der Waals surface area (Å²) in [5.74, 6) is -0.544. The first-order chi connectivity index (χ1) is 9.47. The van der Waals surface area contributed by atoms with Crippen molar-refractivity contribution >= 4 is 23.4 Å². The third-order valence-electron chi connectivity index (χ3n) is 2.76. The van der Waals surface area contributed by atoms with Crippen molar-refractivity contribution in [3.8, 4) is 0 Å². The smallest absolute Gasteiger partial charge is 0.237 e. The van der Waals surface area contributed by atoms with Gasteiger partial charge in [0.25, 0.3) is 0 Å². The van der Waals surface area contributed by atoms with Crippen LogP contribution in [0.3, 0.4) is 0 Å². The quantitative estimate of drug-likeness (QED) is 0.880. The number of anilines is 1. The summed E-state index contributed by atoms with van der Waals surface area (Å²) >= 11 is 1.30. The van der Waals surface area contributed by atoms with Gasteiger partial charge >= 0.3 is 0 Å². The Morgan fingerprint density at radius 3 is 2.85 bits per heavy atom. The van der Waals surface area contributed by atoms with Crippen LogP contribution < -0.4 is 5.32 Å². The van der Waals surface area contributed by atoms with E-state index in [2.05, 4.69) is 15.5 Å². The Hall–Kier alpha value is -1.89. The van der Waals surface area contributed by atoms with Crippen molar-refractivity contribution in [1.82, 2.24) is 14.8 Å². The Bertz CT molecular complexity index is 629. The zero-order valence-electron chi connectivity index (χ0n) is 11.4. The molecule has 0 saturated heterocycles. The minimum atomic E-state index is -0.359. The molecule has 2 rings (SSSR count). The molecule has 1 aromatic heterocycles. The number of hydrogen-bond acceptors (Lipinski definition) is 4. The fourth-order valence-electron chi connectivity index (χ4n) is 1.51. The third-order valence-corrected chi connectivity index (χ3v) is 3.91. The van der Waals surface area contributed by atoms with Crippen LogP contribution in [0, 0.1) is 12.7 Å². The molecule has 0 bridgehead atoms. The van der Waals surface area contributed by atoms with Crippen LogP contribution in [0.4, 0.5) is 10.1 Å². The largest absolute Gasteiger partial charge is 0.325 e. The van der Waals surface area contributed by atoms with E-state index in [9.17, 15) is 9.18 Å². The van der Waals surface area contributed by atoms with Gasteiger partial charge in [-0.2, -0.15) is 0 Å². The lowest BCUT2D eigenvalue weighted by Crippen LogP contribution is -2.22. The highest BCUT2D eigenvalue weighted by molar-refractivity contribution is 8.00. The molecule has 0 aliphatic rings. The van der Waals surface area contributed by atoms with Gasteiger partial charge in [-0.1, -0.05) is 17.8 Å². The topological polar surface area (TPSA) is 59.8 Å². The molecule has 1 amide bonds. The second-order valence-corrected chi connectivity index (χ2v) is 5.75. The van der Waals surface area contributed by atoms with Crippen LogP contribution in [0.15, 0.2) is 29.7 Å². The maximum Gasteiger partial charge on any atom is 0.237 e. The number of carbonyl (C=O) groups is 1. The monoisotopic (exact) mass is 294 g/mol. The lowest BCUT2D eigenvalue weighted by atomic mass is 10.2. The van der Waals surface area contributed by atoms with E-state index >= 15 is 0 Å². The molecule has 2 aromatic rings. The average Bonchev–Trinajstić information content (AvgIpc) is 2.79. The molecule has 106 valence electrons. The van der Waals surface area contributed by atoms with Gasteiger partial charge in [0.05, 0.1) is 5.25 Å². The maximum atomic E-state index is 13.4. The molecule has 0 radical (unpaired) electrons. The number of halogens is 1. The summed E-state index contributed by atoms with van der Waals surface area (Å²) in [5.41, 5.74) is 0.994. The average molecular weight is 294 g/mol. The van der Waals surface area contributed by atoms with Crippen LogP contribution >= 0.6 is 11.8 Å². The van der Waals surface area contributed by atoms with Crippen molar-refractivity contribution in [2.75, 3.05) is 5.32 Å². The van der Waals surface area contributed by atoms with Crippen LogP contribution in [-0.2, 0) is 11.8 Å². The molecule has 0 aliphatic carbocycles. The van der Waals surface area contributed by atoms with Crippen molar-refractivity contribution < 1.29 is 9.18 Å². The van der Waals surface area contributed by atoms with E-state index in [0.29, 0.717) is 16.4 Å². The number of aryl methyl sites for hydroxylation is 2. The Kier molecular flexibility index (Phi) is 4.39. The molecule has 0 saturated carbocycles. The normalized spacial score (nSPS) is 12.2. The zero-order chi connectivity index (χ0) is 14.7. The molecule has 0 fully saturated rings. The number of nitrogens with zero attached hydrogens (tertiary/aromatic N) is 3. The fraction of sp³-hybridized carbons (Fsp3) is 0.308. The lowest BCUT2D eigenvalue weighted by molar-refractivity contribution is -0.115. The van der Waals surface area contributed by atoms with E-state index in [1.54, 1.807) is 36.9 Å². The molecule has 0 unspecified atom stereocenters. The van der Waals surface area contributed by atoms with Gasteiger partial charge in [0.2, 0.25) is 5.91 Å². The van der Waals surface area contributed by atoms with Crippen LogP contribution in [-0.4, -0.2) is 25.9 Å². The van der Waals surface area contributed by atoms with Crippen molar-refractivity contribution in [2.45, 2.75) is 24.3 Å². The molecule has 1 atom stereocenters. The predicted octanol–water partition coefficient (Wildman–Crippen LogP) is 2.38. The highest BCUT2D eigenvalue weighted by Crippen LogP contribution is 2.22. The molecule has 0 aliphatic heterocycles. The Morgan fingerprint density at radius 2 is 2.25 bits per heavy atom. The minimum absolute atomic E-state index is 0.207. The minimum Gasteiger partial charge on any atom is -0.325 e. The maximum absolute atomic E-state index is 13.4. The van der Waals surface area contributed by atoms with Gasteiger partial charge in [-0.25, -0.2) is 4.39 Å². The highest BCUT2D eigenvalue weighted by atomic mass is 32.2. The number of carbonyl (C=O) groups excluding carboxylic acids is 1. The van der Waals surface area contributed by atoms with E-state index in [0.717, 1.165) is 0 Å². The zero-order valence-corrected chi connectivity index (χ0v) is 12.2. The summed E-state index contributed by atoms with van der Waals surface area (Å²) in [6.45, 7) is 3.44. The van der Waals surface area contributed by atoms with Crippen LogP contribution in [0.5, 0.6) is 0 Å². The number of rotatable bonds is 4. The highest BCUT2D eigenvalue weighted by Gasteiger charge is 2.17. The summed E-state index contributed by atoms with van der Waals surface area (Å²) in [4.78, 5) is 12.0. The Morgan fingerprint density at radius 1 is 1.50 bits per heavy atom. The SMILES string of the molecule is Cc1ccc(NC(=O)[C@@H](C)Sc2nncn2C)cc1F. The predicted molar refractivity (Wildman–Crippen MR) is 76.1 cm³/mol. The molecular weight excluding hydrogens is 279 g/mol. The summed E-state index contributed by atoms with van der Waals surface area (Å²) in [5, 5.41) is 10.6. The van der Waals surface area contributed by atoms with E-state index in [4.69, 9.17) is 0 Å². The molecule has 1 aromatic carbocycles. The van der Waals surface area contributed by atoms with Crippen LogP contribution in [0.2, 0.25) is 0 Å². The van der Waals surface area contributed by atoms with Crippen LogP contribution in [0.25, 0.3) is 0 Å². The van der Waals surface area contributed by atoms with Crippen molar-refractivity contribution in [3.05, 3.63) is 35.9 Å². The molecule has 20 heavy (non-hydrogen) atoms. The number of nitrogens with one attached hydrogen (secondary N) is 1. The summed E-state index contributed by atoms with van der Waals surface area (Å²) in [7, 11) is 1.81. The van der Waals surface area contributed by atoms with Crippen molar-refractivity contribution in [1.29, 1.82) is 0 Å². The molecule has 5 nitrogen and oxygen atoms in total. The molecule has 0 spiro atoms. The van der Waals surface area contributed by atoms with Gasteiger partial charge in [0.15, 0.2) is 5.16 Å². The second kappa shape index (κ2) is 6.04. The second-order valence-electron chi connectivity index (χ2n) is 4.44. The van der Waals surface area contributed by atoms with E-state index in [-0.39, 0.29) is 17.0 Å². The first kappa shape index (κ1) is 14.5. The number of hydrogen-bond donors (Lipinski definition) is 1. The Labute approximate surface area is 120 Å². The van der Waals surface area contributed by atoms with Gasteiger partial charge in [-0.05, 0) is 31.5 Å². The molecular formula is C13H15FN4OS. The van der Waals surface area contributed by atoms with E-state index in [1.807, 2.05) is 7.05 Å². The number of thioether (sulfide) groups is 1. The van der Waals surface area contributed by atoms with Gasteiger partial charge in [0.1, 0.15) is 12.1 Å². The molecule has 1 N–H and O–H groups in total. The number of aromatic nitrogens is 3. The molecule has 7 heteroatoms. The van der Waals surface area contributed by atoms with E-state index < -0.39 is 0 Å². The van der Waals surface area contributed by atoms with E-state index in [1.165, 1.54) is 17.8 Å². The van der Waals surface area contributed by atoms with Gasteiger partial charge in [0, 0.05) is 12.7 Å². The Balaban J connectivity index is 2.00. The third kappa shape index (κ3) is 3.36. The lowest BCUT2D eigenvalue weighted by Gasteiger charge is -2.11. The standard InChI is InChI=1S/C13H15FN4OS/c1-8-4-5-10(6-11(8)14)16-12(19)9(2)20-13-17-15-7-18(13)3/h4-7,9H,1-3H3,(H,16,19)/t9-/m1/s1. The number of benzene rings is 1. The van der Waals surface area contributed by atoms with Gasteiger partial charge in [-0.3, -0.25) is 4.79 Å².